The van der Waals surface area contributed by atoms with Crippen molar-refractivity contribution in [2.24, 2.45) is 17.8 Å². The molecule has 3 saturated heterocycles. The molecule has 1 spiro atoms. The lowest BCUT2D eigenvalue weighted by Crippen LogP contribution is -2.60. The number of rotatable bonds is 13. The first-order valence-electron chi connectivity index (χ1n) is 13.9. The largest absolute Gasteiger partial charge is 0.465 e. The molecule has 0 aromatic heterocycles. The average Bonchev–Trinajstić information content (AvgIpc) is 3.53. The van der Waals surface area contributed by atoms with Gasteiger partial charge in [0.25, 0.3) is 5.91 Å². The van der Waals surface area contributed by atoms with Crippen molar-refractivity contribution in [3.05, 3.63) is 54.6 Å². The molecular formula is C30H38BrClN2O6. The third-order valence-electron chi connectivity index (χ3n) is 8.60. The second kappa shape index (κ2) is 12.8. The second-order valence-electron chi connectivity index (χ2n) is 10.8. The molecule has 10 heteroatoms. The molecule has 2 bridgehead atoms. The quantitative estimate of drug-likeness (QED) is 0.148. The molecule has 8 atom stereocenters. The van der Waals surface area contributed by atoms with Crippen molar-refractivity contribution in [2.75, 3.05) is 24.7 Å². The molecule has 3 heterocycles. The number of allylic oxidation sites excluding steroid dienone is 1. The Morgan fingerprint density at radius 3 is 2.70 bits per heavy atom. The van der Waals surface area contributed by atoms with E-state index < -0.39 is 47.5 Å². The van der Waals surface area contributed by atoms with Gasteiger partial charge < -0.3 is 24.4 Å². The summed E-state index contributed by atoms with van der Waals surface area (Å²) in [5, 5.41) is 10.9. The van der Waals surface area contributed by atoms with Gasteiger partial charge in [0.15, 0.2) is 0 Å². The zero-order chi connectivity index (χ0) is 29.2. The van der Waals surface area contributed by atoms with E-state index in [2.05, 4.69) is 29.1 Å². The number of alkyl halides is 1. The number of fused-ring (bicyclic) bond motifs is 1. The van der Waals surface area contributed by atoms with E-state index in [1.165, 1.54) is 9.80 Å². The zero-order valence-corrected chi connectivity index (χ0v) is 25.4. The Labute approximate surface area is 249 Å². The van der Waals surface area contributed by atoms with Crippen LogP contribution in [0.15, 0.2) is 49.6 Å². The number of hydrogen-bond acceptors (Lipinski definition) is 6. The van der Waals surface area contributed by atoms with E-state index in [1.807, 2.05) is 13.8 Å². The first-order valence-corrected chi connectivity index (χ1v) is 15.2. The molecule has 3 aliphatic rings. The van der Waals surface area contributed by atoms with Crippen molar-refractivity contribution in [3.8, 4) is 0 Å². The van der Waals surface area contributed by atoms with Crippen LogP contribution in [0.5, 0.6) is 0 Å². The maximum atomic E-state index is 14.7. The van der Waals surface area contributed by atoms with Crippen LogP contribution in [0.25, 0.3) is 0 Å². The number of hydrogen-bond donors (Lipinski definition) is 1. The fourth-order valence-electron chi connectivity index (χ4n) is 6.54. The Hall–Kier alpha value is -2.20. The van der Waals surface area contributed by atoms with Gasteiger partial charge >= 0.3 is 5.97 Å². The number of likely N-dealkylation sites (tertiary alicyclic amines) is 1. The molecule has 1 aromatic carbocycles. The van der Waals surface area contributed by atoms with E-state index in [0.29, 0.717) is 36.4 Å². The minimum absolute atomic E-state index is 0.117. The van der Waals surface area contributed by atoms with Crippen LogP contribution in [0.4, 0.5) is 5.69 Å². The van der Waals surface area contributed by atoms with Crippen LogP contribution < -0.4 is 4.90 Å². The summed E-state index contributed by atoms with van der Waals surface area (Å²) < 4.78 is 12.2. The minimum atomic E-state index is -1.28. The van der Waals surface area contributed by atoms with Crippen molar-refractivity contribution >= 4 is 51.0 Å². The normalized spacial score (nSPS) is 30.1. The number of halogens is 2. The standard InChI is InChI=1S/C30H38BrClN2O6/c1-5-8-11-15-39-29(38)23-24-27(36)34(22(17-35)18(4)7-3)26(30(24)16-19(31)25(23)40-30)28(37)33(14-6-2)21-13-10-9-12-20(21)32/h5-6,9-10,12-13,18-19,22-26,35H,1-2,7-8,11,14-17H2,3-4H3/t18-,19?,22-,23+,24-,25+,26?,30?/m0/s1. The molecule has 3 aliphatic heterocycles. The van der Waals surface area contributed by atoms with Crippen molar-refractivity contribution in [2.45, 2.75) is 68.1 Å². The number of unbranched alkanes of at least 4 members (excludes halogenated alkanes) is 1. The Morgan fingerprint density at radius 1 is 1.35 bits per heavy atom. The predicted molar refractivity (Wildman–Crippen MR) is 157 cm³/mol. The van der Waals surface area contributed by atoms with Gasteiger partial charge in [0.05, 0.1) is 47.9 Å². The highest BCUT2D eigenvalue weighted by Gasteiger charge is 2.77. The summed E-state index contributed by atoms with van der Waals surface area (Å²) in [5.74, 6) is -3.18. The summed E-state index contributed by atoms with van der Waals surface area (Å²) in [4.78, 5) is 45.2. The van der Waals surface area contributed by atoms with Crippen LogP contribution in [-0.2, 0) is 23.9 Å². The summed E-state index contributed by atoms with van der Waals surface area (Å²) in [5.41, 5.74) is -0.800. The Balaban J connectivity index is 1.81. The molecule has 1 aromatic rings. The van der Waals surface area contributed by atoms with Crippen LogP contribution in [0.3, 0.4) is 0 Å². The molecule has 40 heavy (non-hydrogen) atoms. The van der Waals surface area contributed by atoms with Gasteiger partial charge in [0, 0.05) is 11.4 Å². The van der Waals surface area contributed by atoms with Crippen LogP contribution in [-0.4, -0.2) is 76.2 Å². The lowest BCUT2D eigenvalue weighted by atomic mass is 9.70. The van der Waals surface area contributed by atoms with Gasteiger partial charge in [-0.1, -0.05) is 72.1 Å². The highest BCUT2D eigenvalue weighted by Crippen LogP contribution is 2.61. The molecule has 218 valence electrons. The molecule has 2 amide bonds. The molecule has 0 aliphatic carbocycles. The maximum absolute atomic E-state index is 14.7. The monoisotopic (exact) mass is 636 g/mol. The third-order valence-corrected chi connectivity index (χ3v) is 9.76. The molecule has 0 radical (unpaired) electrons. The number of anilines is 1. The van der Waals surface area contributed by atoms with E-state index in [9.17, 15) is 19.5 Å². The Kier molecular flexibility index (Phi) is 9.81. The lowest BCUT2D eigenvalue weighted by Gasteiger charge is -2.41. The van der Waals surface area contributed by atoms with Gasteiger partial charge in [0.2, 0.25) is 5.91 Å². The van der Waals surface area contributed by atoms with E-state index in [-0.39, 0.29) is 36.4 Å². The predicted octanol–water partition coefficient (Wildman–Crippen LogP) is 4.52. The highest BCUT2D eigenvalue weighted by atomic mass is 79.9. The molecule has 1 N–H and O–H groups in total. The van der Waals surface area contributed by atoms with Crippen LogP contribution in [0.2, 0.25) is 5.02 Å². The Morgan fingerprint density at radius 2 is 2.08 bits per heavy atom. The molecule has 3 fully saturated rings. The van der Waals surface area contributed by atoms with E-state index in [1.54, 1.807) is 36.4 Å². The van der Waals surface area contributed by atoms with E-state index in [4.69, 9.17) is 21.1 Å². The fraction of sp³-hybridized carbons (Fsp3) is 0.567. The van der Waals surface area contributed by atoms with E-state index >= 15 is 0 Å². The molecule has 0 saturated carbocycles. The molecule has 3 unspecified atom stereocenters. The van der Waals surface area contributed by atoms with Gasteiger partial charge in [-0.25, -0.2) is 0 Å². The van der Waals surface area contributed by atoms with E-state index in [0.717, 1.165) is 0 Å². The summed E-state index contributed by atoms with van der Waals surface area (Å²) in [7, 11) is 0. The number of amides is 2. The molecule has 4 rings (SSSR count). The number of carbonyl (C=O) groups excluding carboxylic acids is 3. The number of ether oxygens (including phenoxy) is 2. The number of nitrogens with zero attached hydrogens (tertiary/aromatic N) is 2. The van der Waals surface area contributed by atoms with Crippen LogP contribution in [0, 0.1) is 17.8 Å². The zero-order valence-electron chi connectivity index (χ0n) is 23.0. The summed E-state index contributed by atoms with van der Waals surface area (Å²) in [6.07, 6.45) is 5.07. The lowest BCUT2D eigenvalue weighted by molar-refractivity contribution is -0.156. The van der Waals surface area contributed by atoms with Crippen LogP contribution >= 0.6 is 27.5 Å². The van der Waals surface area contributed by atoms with Crippen molar-refractivity contribution in [1.82, 2.24) is 4.90 Å². The van der Waals surface area contributed by atoms with Crippen molar-refractivity contribution in [1.29, 1.82) is 0 Å². The third kappa shape index (κ3) is 5.14. The topological polar surface area (TPSA) is 96.4 Å². The minimum Gasteiger partial charge on any atom is -0.465 e. The molecular weight excluding hydrogens is 600 g/mol. The second-order valence-corrected chi connectivity index (χ2v) is 12.4. The van der Waals surface area contributed by atoms with Gasteiger partial charge in [-0.3, -0.25) is 14.4 Å². The number of aliphatic hydroxyl groups excluding tert-OH is 1. The molecule has 8 nitrogen and oxygen atoms in total. The van der Waals surface area contributed by atoms with Gasteiger partial charge in [0.1, 0.15) is 11.6 Å². The fourth-order valence-corrected chi connectivity index (χ4v) is 7.72. The first-order chi connectivity index (χ1) is 19.2. The summed E-state index contributed by atoms with van der Waals surface area (Å²) in [6.45, 7) is 11.4. The van der Waals surface area contributed by atoms with Gasteiger partial charge in [-0.15, -0.1) is 13.2 Å². The highest BCUT2D eigenvalue weighted by molar-refractivity contribution is 9.09. The van der Waals surface area contributed by atoms with Gasteiger partial charge in [-0.2, -0.15) is 0 Å². The van der Waals surface area contributed by atoms with Gasteiger partial charge in [-0.05, 0) is 37.3 Å². The Bertz CT molecular complexity index is 1150. The summed E-state index contributed by atoms with van der Waals surface area (Å²) >= 11 is 10.2. The maximum Gasteiger partial charge on any atom is 0.312 e. The summed E-state index contributed by atoms with van der Waals surface area (Å²) in [6, 6.07) is 5.25. The van der Waals surface area contributed by atoms with Crippen LogP contribution in [0.1, 0.15) is 39.5 Å². The van der Waals surface area contributed by atoms with Crippen molar-refractivity contribution < 1.29 is 29.0 Å². The number of para-hydroxylation sites is 1. The van der Waals surface area contributed by atoms with Crippen molar-refractivity contribution in [3.63, 3.8) is 0 Å². The number of aliphatic hydroxyl groups is 1. The first kappa shape index (κ1) is 30.8. The SMILES string of the molecule is C=CCCCOC(=O)[C@H]1[C@@H]2OC3(CC2Br)C(C(=O)N(CC=C)c2ccccc2Cl)N([C@@H](CO)[C@@H](C)CC)C(=O)[C@H]13. The smallest absolute Gasteiger partial charge is 0.312 e. The number of carbonyl (C=O) groups is 3. The number of benzene rings is 1. The number of esters is 1. The average molecular weight is 638 g/mol.